The van der Waals surface area contributed by atoms with Gasteiger partial charge in [0.15, 0.2) is 0 Å². The third-order valence-corrected chi connectivity index (χ3v) is 8.73. The minimum atomic E-state index is -4.25. The molecule has 41 heavy (non-hydrogen) atoms. The van der Waals surface area contributed by atoms with E-state index in [0.29, 0.717) is 23.9 Å². The predicted molar refractivity (Wildman–Crippen MR) is 166 cm³/mol. The van der Waals surface area contributed by atoms with Crippen molar-refractivity contribution in [2.45, 2.75) is 45.2 Å². The molecule has 0 heterocycles. The first-order valence-corrected chi connectivity index (χ1v) is 15.9. The van der Waals surface area contributed by atoms with Crippen LogP contribution in [0.2, 0.25) is 5.02 Å². The van der Waals surface area contributed by atoms with Gasteiger partial charge in [-0.2, -0.15) is 0 Å². The number of carbonyl (C=O) groups excluding carboxylic acids is 2. The number of nitrogens with zero attached hydrogens (tertiary/aromatic N) is 2. The Kier molecular flexibility index (Phi) is 11.6. The molecule has 1 N–H and O–H groups in total. The molecule has 0 fully saturated rings. The summed E-state index contributed by atoms with van der Waals surface area (Å²) in [5.41, 5.74) is 0.982. The number of halogens is 2. The lowest BCUT2D eigenvalue weighted by Gasteiger charge is -2.32. The predicted octanol–water partition coefficient (Wildman–Crippen LogP) is 5.89. The number of hydrogen-bond acceptors (Lipinski definition) is 5. The summed E-state index contributed by atoms with van der Waals surface area (Å²) in [4.78, 5) is 28.5. The third-order valence-electron chi connectivity index (χ3n) is 6.21. The van der Waals surface area contributed by atoms with Crippen molar-refractivity contribution in [1.29, 1.82) is 0 Å². The minimum absolute atomic E-state index is 0.0396. The smallest absolute Gasteiger partial charge is 0.264 e. The van der Waals surface area contributed by atoms with Gasteiger partial charge in [0.05, 0.1) is 17.2 Å². The van der Waals surface area contributed by atoms with Crippen molar-refractivity contribution in [2.24, 2.45) is 5.92 Å². The Labute approximate surface area is 255 Å². The summed E-state index contributed by atoms with van der Waals surface area (Å²) in [6, 6.07) is 18.9. The summed E-state index contributed by atoms with van der Waals surface area (Å²) in [6.07, 6.45) is 0. The van der Waals surface area contributed by atoms with Gasteiger partial charge in [-0.15, -0.1) is 0 Å². The van der Waals surface area contributed by atoms with Crippen LogP contribution in [0.3, 0.4) is 0 Å². The van der Waals surface area contributed by atoms with Crippen LogP contribution in [-0.2, 0) is 26.2 Å². The maximum atomic E-state index is 14.1. The summed E-state index contributed by atoms with van der Waals surface area (Å²) < 4.78 is 35.6. The van der Waals surface area contributed by atoms with E-state index in [2.05, 4.69) is 21.2 Å². The number of carbonyl (C=O) groups is 2. The van der Waals surface area contributed by atoms with Crippen LogP contribution in [-0.4, -0.2) is 50.9 Å². The van der Waals surface area contributed by atoms with Gasteiger partial charge in [0.1, 0.15) is 18.3 Å². The Balaban J connectivity index is 2.07. The molecule has 0 aliphatic carbocycles. The number of para-hydroxylation sites is 2. The van der Waals surface area contributed by atoms with Crippen molar-refractivity contribution in [3.63, 3.8) is 0 Å². The molecule has 11 heteroatoms. The molecule has 2 amide bonds. The zero-order chi connectivity index (χ0) is 30.2. The fourth-order valence-electron chi connectivity index (χ4n) is 4.05. The lowest BCUT2D eigenvalue weighted by atomic mass is 10.1. The number of ether oxygens (including phenoxy) is 1. The maximum absolute atomic E-state index is 14.1. The molecule has 0 aliphatic rings. The molecule has 8 nitrogen and oxygen atoms in total. The monoisotopic (exact) mass is 663 g/mol. The Hall–Kier alpha value is -3.08. The van der Waals surface area contributed by atoms with Crippen molar-refractivity contribution in [3.05, 3.63) is 87.9 Å². The van der Waals surface area contributed by atoms with E-state index in [-0.39, 0.29) is 29.0 Å². The van der Waals surface area contributed by atoms with Gasteiger partial charge in [0.2, 0.25) is 11.8 Å². The number of benzene rings is 3. The van der Waals surface area contributed by atoms with Crippen LogP contribution in [0.4, 0.5) is 5.69 Å². The lowest BCUT2D eigenvalue weighted by Crippen LogP contribution is -2.51. The van der Waals surface area contributed by atoms with Crippen LogP contribution in [0.1, 0.15) is 33.3 Å². The summed E-state index contributed by atoms with van der Waals surface area (Å²) >= 11 is 9.47. The highest BCUT2D eigenvalue weighted by Crippen LogP contribution is 2.33. The van der Waals surface area contributed by atoms with Gasteiger partial charge >= 0.3 is 0 Å². The highest BCUT2D eigenvalue weighted by molar-refractivity contribution is 9.10. The standard InChI is InChI=1S/C30H35BrClN3O5S/c1-5-40-28-12-7-6-11-27(28)35(41(38,39)26-15-13-25(32)14-16-26)20-29(36)34(19-23-9-8-10-24(31)17-23)22(4)30(37)33-18-21(2)3/h6-17,21-22H,5,18-20H2,1-4H3,(H,33,37)/t22-/m0/s1. The van der Waals surface area contributed by atoms with Crippen LogP contribution in [0, 0.1) is 5.92 Å². The zero-order valence-corrected chi connectivity index (χ0v) is 26.7. The van der Waals surface area contributed by atoms with E-state index in [0.717, 1.165) is 14.3 Å². The van der Waals surface area contributed by atoms with Crippen molar-refractivity contribution in [1.82, 2.24) is 10.2 Å². The molecule has 0 saturated carbocycles. The average Bonchev–Trinajstić information content (AvgIpc) is 2.93. The molecule has 3 rings (SSSR count). The molecule has 3 aromatic rings. The lowest BCUT2D eigenvalue weighted by molar-refractivity contribution is -0.139. The number of rotatable bonds is 13. The van der Waals surface area contributed by atoms with E-state index in [1.165, 1.54) is 29.2 Å². The fraction of sp³-hybridized carbons (Fsp3) is 0.333. The van der Waals surface area contributed by atoms with Crippen LogP contribution in [0.5, 0.6) is 5.75 Å². The highest BCUT2D eigenvalue weighted by atomic mass is 79.9. The van der Waals surface area contributed by atoms with E-state index < -0.39 is 28.5 Å². The average molecular weight is 665 g/mol. The molecule has 0 aromatic heterocycles. The highest BCUT2D eigenvalue weighted by Gasteiger charge is 2.33. The Morgan fingerprint density at radius 3 is 2.32 bits per heavy atom. The molecule has 0 saturated heterocycles. The molecule has 1 atom stereocenters. The normalized spacial score (nSPS) is 12.1. The minimum Gasteiger partial charge on any atom is -0.492 e. The first kappa shape index (κ1) is 32.4. The molecule has 0 aliphatic heterocycles. The fourth-order valence-corrected chi connectivity index (χ4v) is 6.05. The van der Waals surface area contributed by atoms with Crippen molar-refractivity contribution in [2.75, 3.05) is 24.0 Å². The van der Waals surface area contributed by atoms with Crippen LogP contribution < -0.4 is 14.4 Å². The van der Waals surface area contributed by atoms with Gasteiger partial charge in [-0.3, -0.25) is 13.9 Å². The van der Waals surface area contributed by atoms with Crippen LogP contribution >= 0.6 is 27.5 Å². The molecule has 0 bridgehead atoms. The second kappa shape index (κ2) is 14.7. The summed E-state index contributed by atoms with van der Waals surface area (Å²) in [7, 11) is -4.25. The van der Waals surface area contributed by atoms with Gasteiger partial charge in [0, 0.05) is 22.6 Å². The number of hydrogen-bond donors (Lipinski definition) is 1. The van der Waals surface area contributed by atoms with Gasteiger partial charge in [-0.1, -0.05) is 65.6 Å². The van der Waals surface area contributed by atoms with E-state index in [9.17, 15) is 18.0 Å². The number of anilines is 1. The number of amides is 2. The van der Waals surface area contributed by atoms with E-state index >= 15 is 0 Å². The SMILES string of the molecule is CCOc1ccccc1N(CC(=O)N(Cc1cccc(Br)c1)[C@@H](C)C(=O)NCC(C)C)S(=O)(=O)c1ccc(Cl)cc1. The Morgan fingerprint density at radius 2 is 1.68 bits per heavy atom. The van der Waals surface area contributed by atoms with Gasteiger partial charge < -0.3 is 15.0 Å². The quantitative estimate of drug-likeness (QED) is 0.246. The second-order valence-corrected chi connectivity index (χ2v) is 13.0. The molecular weight excluding hydrogens is 630 g/mol. The van der Waals surface area contributed by atoms with Gasteiger partial charge in [-0.25, -0.2) is 8.42 Å². The Bertz CT molecular complexity index is 1450. The summed E-state index contributed by atoms with van der Waals surface area (Å²) in [5.74, 6) is -0.359. The first-order chi connectivity index (χ1) is 19.4. The molecular formula is C30H35BrClN3O5S. The van der Waals surface area contributed by atoms with Crippen LogP contribution in [0.15, 0.2) is 82.2 Å². The number of sulfonamides is 1. The second-order valence-electron chi connectivity index (χ2n) is 9.83. The van der Waals surface area contributed by atoms with Gasteiger partial charge in [0.25, 0.3) is 10.0 Å². The van der Waals surface area contributed by atoms with Crippen molar-refractivity contribution in [3.8, 4) is 5.75 Å². The molecule has 0 unspecified atom stereocenters. The molecule has 0 radical (unpaired) electrons. The van der Waals surface area contributed by atoms with Crippen molar-refractivity contribution < 1.29 is 22.7 Å². The molecule has 3 aromatic carbocycles. The van der Waals surface area contributed by atoms with E-state index in [4.69, 9.17) is 16.3 Å². The maximum Gasteiger partial charge on any atom is 0.264 e. The topological polar surface area (TPSA) is 96.0 Å². The molecule has 0 spiro atoms. The van der Waals surface area contributed by atoms with Crippen molar-refractivity contribution >= 4 is 55.1 Å². The van der Waals surface area contributed by atoms with Crippen LogP contribution in [0.25, 0.3) is 0 Å². The first-order valence-electron chi connectivity index (χ1n) is 13.3. The summed E-state index contributed by atoms with van der Waals surface area (Å²) in [6.45, 7) is 7.65. The number of nitrogens with one attached hydrogen (secondary N) is 1. The molecule has 220 valence electrons. The largest absolute Gasteiger partial charge is 0.492 e. The summed E-state index contributed by atoms with van der Waals surface area (Å²) in [5, 5.41) is 3.26. The van der Waals surface area contributed by atoms with E-state index in [1.807, 2.05) is 38.1 Å². The third kappa shape index (κ3) is 8.70. The van der Waals surface area contributed by atoms with Gasteiger partial charge in [-0.05, 0) is 73.9 Å². The van der Waals surface area contributed by atoms with E-state index in [1.54, 1.807) is 38.1 Å². The zero-order valence-electron chi connectivity index (χ0n) is 23.5. The Morgan fingerprint density at radius 1 is 1.00 bits per heavy atom.